The van der Waals surface area contributed by atoms with Gasteiger partial charge in [-0.2, -0.15) is 5.10 Å². The zero-order valence-electron chi connectivity index (χ0n) is 12.7. The number of aromatic nitrogens is 1. The second-order valence-corrected chi connectivity index (χ2v) is 6.16. The summed E-state index contributed by atoms with van der Waals surface area (Å²) in [6.45, 7) is 2.04. The molecule has 0 aliphatic rings. The number of halogens is 1. The van der Waals surface area contributed by atoms with E-state index < -0.39 is 0 Å². The summed E-state index contributed by atoms with van der Waals surface area (Å²) < 4.78 is 2.11. The molecule has 5 heteroatoms. The van der Waals surface area contributed by atoms with Crippen LogP contribution in [0, 0.1) is 0 Å². The molecule has 3 nitrogen and oxygen atoms in total. The van der Waals surface area contributed by atoms with Gasteiger partial charge in [0.15, 0.2) is 0 Å². The molecule has 0 saturated heterocycles. The minimum absolute atomic E-state index is 0.729. The molecule has 0 radical (unpaired) electrons. The third kappa shape index (κ3) is 3.60. The Hall–Kier alpha value is -2.17. The van der Waals surface area contributed by atoms with Crippen molar-refractivity contribution in [1.29, 1.82) is 0 Å². The second-order valence-electron chi connectivity index (χ2n) is 4.89. The average Bonchev–Trinajstić information content (AvgIpc) is 3.00. The van der Waals surface area contributed by atoms with Crippen LogP contribution in [-0.2, 0) is 0 Å². The van der Waals surface area contributed by atoms with Crippen molar-refractivity contribution in [3.05, 3.63) is 69.8 Å². The van der Waals surface area contributed by atoms with Gasteiger partial charge in [-0.05, 0) is 36.2 Å². The van der Waals surface area contributed by atoms with Crippen LogP contribution >= 0.6 is 22.9 Å². The van der Waals surface area contributed by atoms with Crippen LogP contribution in [0.25, 0.3) is 16.9 Å². The molecule has 0 spiro atoms. The molecular formula is C18H16ClN3S. The fourth-order valence-corrected chi connectivity index (χ4v) is 3.19. The van der Waals surface area contributed by atoms with Gasteiger partial charge >= 0.3 is 0 Å². The lowest BCUT2D eigenvalue weighted by atomic mass is 10.1. The van der Waals surface area contributed by atoms with E-state index in [-0.39, 0.29) is 0 Å². The number of hydrogen-bond donors (Lipinski definition) is 0. The number of rotatable bonds is 4. The van der Waals surface area contributed by atoms with Gasteiger partial charge in [0.1, 0.15) is 0 Å². The van der Waals surface area contributed by atoms with Gasteiger partial charge in [0.2, 0.25) is 4.80 Å². The highest BCUT2D eigenvalue weighted by Crippen LogP contribution is 2.24. The number of thiazole rings is 1. The molecular weight excluding hydrogens is 326 g/mol. The monoisotopic (exact) mass is 341 g/mol. The van der Waals surface area contributed by atoms with Crippen LogP contribution in [0.4, 0.5) is 0 Å². The Morgan fingerprint density at radius 1 is 1.09 bits per heavy atom. The van der Waals surface area contributed by atoms with Gasteiger partial charge in [0.05, 0.1) is 5.69 Å². The van der Waals surface area contributed by atoms with Gasteiger partial charge < -0.3 is 0 Å². The number of nitrogens with zero attached hydrogens (tertiary/aromatic N) is 3. The van der Waals surface area contributed by atoms with Crippen molar-refractivity contribution in [2.24, 2.45) is 10.2 Å². The predicted octanol–water partition coefficient (Wildman–Crippen LogP) is 5.16. The van der Waals surface area contributed by atoms with Crippen LogP contribution in [0.5, 0.6) is 0 Å². The maximum absolute atomic E-state index is 6.00. The van der Waals surface area contributed by atoms with Crippen LogP contribution < -0.4 is 4.80 Å². The third-order valence-electron chi connectivity index (χ3n) is 3.27. The van der Waals surface area contributed by atoms with Gasteiger partial charge in [-0.3, -0.25) is 4.57 Å². The van der Waals surface area contributed by atoms with E-state index >= 15 is 0 Å². The summed E-state index contributed by atoms with van der Waals surface area (Å²) in [5, 5.41) is 11.3. The van der Waals surface area contributed by atoms with Gasteiger partial charge in [-0.15, -0.1) is 16.4 Å². The van der Waals surface area contributed by atoms with E-state index in [0.717, 1.165) is 33.2 Å². The van der Waals surface area contributed by atoms with Crippen molar-refractivity contribution >= 4 is 29.2 Å². The van der Waals surface area contributed by atoms with E-state index in [1.54, 1.807) is 17.6 Å². The highest BCUT2D eigenvalue weighted by molar-refractivity contribution is 7.07. The highest BCUT2D eigenvalue weighted by Gasteiger charge is 2.09. The van der Waals surface area contributed by atoms with Crippen molar-refractivity contribution in [3.8, 4) is 16.9 Å². The summed E-state index contributed by atoms with van der Waals surface area (Å²) in [5.74, 6) is 0. The molecule has 0 amide bonds. The van der Waals surface area contributed by atoms with Crippen molar-refractivity contribution in [2.45, 2.75) is 13.3 Å². The van der Waals surface area contributed by atoms with E-state index in [0.29, 0.717) is 0 Å². The molecule has 0 aliphatic heterocycles. The smallest absolute Gasteiger partial charge is 0.215 e. The largest absolute Gasteiger partial charge is 0.284 e. The Morgan fingerprint density at radius 2 is 1.83 bits per heavy atom. The molecule has 1 heterocycles. The lowest BCUT2D eigenvalue weighted by Crippen LogP contribution is -2.13. The maximum Gasteiger partial charge on any atom is 0.215 e. The number of para-hydroxylation sites is 1. The average molecular weight is 342 g/mol. The number of hydrogen-bond acceptors (Lipinski definition) is 3. The van der Waals surface area contributed by atoms with Crippen LogP contribution in [0.1, 0.15) is 13.3 Å². The first kappa shape index (κ1) is 15.7. The van der Waals surface area contributed by atoms with Crippen LogP contribution in [0.2, 0.25) is 5.02 Å². The summed E-state index contributed by atoms with van der Waals surface area (Å²) in [5.41, 5.74) is 3.22. The minimum Gasteiger partial charge on any atom is -0.284 e. The van der Waals surface area contributed by atoms with E-state index in [4.69, 9.17) is 11.6 Å². The molecule has 3 aromatic rings. The summed E-state index contributed by atoms with van der Waals surface area (Å²) in [7, 11) is 0. The lowest BCUT2D eigenvalue weighted by Gasteiger charge is -2.08. The van der Waals surface area contributed by atoms with Gasteiger partial charge in [-0.25, -0.2) is 0 Å². The van der Waals surface area contributed by atoms with Gasteiger partial charge in [-0.1, -0.05) is 48.9 Å². The molecule has 0 fully saturated rings. The molecule has 2 aromatic carbocycles. The summed E-state index contributed by atoms with van der Waals surface area (Å²) >= 11 is 7.57. The number of benzene rings is 2. The quantitative estimate of drug-likeness (QED) is 0.463. The topological polar surface area (TPSA) is 29.6 Å². The third-order valence-corrected chi connectivity index (χ3v) is 4.34. The zero-order valence-corrected chi connectivity index (χ0v) is 14.3. The molecule has 1 aromatic heterocycles. The van der Waals surface area contributed by atoms with Gasteiger partial charge in [0.25, 0.3) is 0 Å². The molecule has 23 heavy (non-hydrogen) atoms. The maximum atomic E-state index is 6.00. The molecule has 0 bridgehead atoms. The Balaban J connectivity index is 2.19. The van der Waals surface area contributed by atoms with Crippen molar-refractivity contribution in [2.75, 3.05) is 0 Å². The predicted molar refractivity (Wildman–Crippen MR) is 98.4 cm³/mol. The van der Waals surface area contributed by atoms with Crippen LogP contribution in [-0.4, -0.2) is 10.8 Å². The summed E-state index contributed by atoms with van der Waals surface area (Å²) in [4.78, 5) is 0.839. The molecule has 0 saturated carbocycles. The van der Waals surface area contributed by atoms with Crippen LogP contribution in [0.3, 0.4) is 0 Å². The van der Waals surface area contributed by atoms with Crippen LogP contribution in [0.15, 0.2) is 70.2 Å². The zero-order chi connectivity index (χ0) is 16.1. The standard InChI is InChI=1S/C18H16ClN3S/c1-2-12-20-21-18-22(16-6-4-3-5-7-16)17(13-23-18)14-8-10-15(19)11-9-14/h3-13H,2H2,1H3. The summed E-state index contributed by atoms with van der Waals surface area (Å²) in [6.07, 6.45) is 2.67. The fourth-order valence-electron chi connectivity index (χ4n) is 2.20. The fraction of sp³-hybridized carbons (Fsp3) is 0.111. The van der Waals surface area contributed by atoms with Crippen molar-refractivity contribution < 1.29 is 0 Å². The molecule has 3 rings (SSSR count). The Labute approximate surface area is 144 Å². The molecule has 0 atom stereocenters. The van der Waals surface area contributed by atoms with Crippen molar-refractivity contribution in [1.82, 2.24) is 4.57 Å². The molecule has 0 N–H and O–H groups in total. The minimum atomic E-state index is 0.729. The molecule has 0 unspecified atom stereocenters. The first-order valence-electron chi connectivity index (χ1n) is 7.37. The van der Waals surface area contributed by atoms with E-state index in [2.05, 4.69) is 32.3 Å². The second kappa shape index (κ2) is 7.40. The van der Waals surface area contributed by atoms with E-state index in [9.17, 15) is 0 Å². The van der Waals surface area contributed by atoms with Gasteiger partial charge in [0, 0.05) is 22.3 Å². The first-order chi connectivity index (χ1) is 11.3. The van der Waals surface area contributed by atoms with E-state index in [1.165, 1.54) is 0 Å². The lowest BCUT2D eigenvalue weighted by molar-refractivity contribution is 0.970. The summed E-state index contributed by atoms with van der Waals surface area (Å²) in [6, 6.07) is 18.0. The Bertz CT molecular complexity index is 861. The Kier molecular flexibility index (Phi) is 5.05. The van der Waals surface area contributed by atoms with Crippen molar-refractivity contribution in [3.63, 3.8) is 0 Å². The normalized spacial score (nSPS) is 12.2. The SMILES string of the molecule is CCC=NN=c1scc(-c2ccc(Cl)cc2)n1-c1ccccc1. The highest BCUT2D eigenvalue weighted by atomic mass is 35.5. The first-order valence-corrected chi connectivity index (χ1v) is 8.63. The molecule has 0 aliphatic carbocycles. The Morgan fingerprint density at radius 3 is 2.52 bits per heavy atom. The molecule has 116 valence electrons. The van der Waals surface area contributed by atoms with E-state index in [1.807, 2.05) is 49.4 Å².